The van der Waals surface area contributed by atoms with Gasteiger partial charge in [-0.2, -0.15) is 0 Å². The van der Waals surface area contributed by atoms with Gasteiger partial charge in [0.05, 0.1) is 6.10 Å². The second-order valence-corrected chi connectivity index (χ2v) is 5.39. The van der Waals surface area contributed by atoms with E-state index in [2.05, 4.69) is 31.0 Å². The van der Waals surface area contributed by atoms with Gasteiger partial charge >= 0.3 is 0 Å². The molecule has 1 aliphatic heterocycles. The molecule has 3 heteroatoms. The van der Waals surface area contributed by atoms with Crippen molar-refractivity contribution in [2.75, 3.05) is 33.3 Å². The molecule has 1 heterocycles. The standard InChI is InChI=1S/C14H30N2O/c1-5-8-15-11-12(2)13(3)16-9-6-14(17-4)7-10-16/h12-15H,5-11H2,1-4H3. The summed E-state index contributed by atoms with van der Waals surface area (Å²) in [7, 11) is 1.83. The quantitative estimate of drug-likeness (QED) is 0.692. The van der Waals surface area contributed by atoms with Crippen LogP contribution in [0.25, 0.3) is 0 Å². The number of ether oxygens (including phenoxy) is 1. The van der Waals surface area contributed by atoms with Gasteiger partial charge in [0.1, 0.15) is 0 Å². The Kier molecular flexibility index (Phi) is 7.09. The first-order chi connectivity index (χ1) is 8.19. The zero-order valence-electron chi connectivity index (χ0n) is 12.0. The summed E-state index contributed by atoms with van der Waals surface area (Å²) >= 11 is 0. The van der Waals surface area contributed by atoms with Crippen LogP contribution in [0.5, 0.6) is 0 Å². The van der Waals surface area contributed by atoms with Gasteiger partial charge in [0, 0.05) is 26.2 Å². The predicted molar refractivity (Wildman–Crippen MR) is 73.4 cm³/mol. The van der Waals surface area contributed by atoms with Gasteiger partial charge in [-0.05, 0) is 45.2 Å². The first-order valence-corrected chi connectivity index (χ1v) is 7.16. The Morgan fingerprint density at radius 3 is 2.47 bits per heavy atom. The Bertz CT molecular complexity index is 191. The molecule has 0 aliphatic carbocycles. The molecule has 1 aliphatic rings. The van der Waals surface area contributed by atoms with Crippen molar-refractivity contribution in [1.29, 1.82) is 0 Å². The van der Waals surface area contributed by atoms with Crippen molar-refractivity contribution in [3.63, 3.8) is 0 Å². The highest BCUT2D eigenvalue weighted by atomic mass is 16.5. The van der Waals surface area contributed by atoms with E-state index in [1.54, 1.807) is 0 Å². The van der Waals surface area contributed by atoms with E-state index in [9.17, 15) is 0 Å². The van der Waals surface area contributed by atoms with Crippen molar-refractivity contribution < 1.29 is 4.74 Å². The van der Waals surface area contributed by atoms with Crippen LogP contribution >= 0.6 is 0 Å². The van der Waals surface area contributed by atoms with Crippen LogP contribution in [0, 0.1) is 5.92 Å². The van der Waals surface area contributed by atoms with Gasteiger partial charge in [-0.25, -0.2) is 0 Å². The van der Waals surface area contributed by atoms with E-state index in [0.29, 0.717) is 12.1 Å². The molecular weight excluding hydrogens is 212 g/mol. The summed E-state index contributed by atoms with van der Waals surface area (Å²) in [5, 5.41) is 3.52. The number of hydrogen-bond acceptors (Lipinski definition) is 3. The Labute approximate surface area is 107 Å². The molecule has 3 nitrogen and oxygen atoms in total. The van der Waals surface area contributed by atoms with E-state index in [1.807, 2.05) is 7.11 Å². The molecule has 2 atom stereocenters. The maximum Gasteiger partial charge on any atom is 0.0595 e. The number of rotatable bonds is 7. The third-order valence-corrected chi connectivity index (χ3v) is 4.10. The Balaban J connectivity index is 2.24. The van der Waals surface area contributed by atoms with E-state index in [0.717, 1.165) is 19.0 Å². The van der Waals surface area contributed by atoms with E-state index >= 15 is 0 Å². The van der Waals surface area contributed by atoms with Crippen molar-refractivity contribution in [3.05, 3.63) is 0 Å². The van der Waals surface area contributed by atoms with Crippen LogP contribution in [-0.2, 0) is 4.74 Å². The van der Waals surface area contributed by atoms with Crippen LogP contribution in [-0.4, -0.2) is 50.3 Å². The van der Waals surface area contributed by atoms with E-state index in [-0.39, 0.29) is 0 Å². The largest absolute Gasteiger partial charge is 0.381 e. The monoisotopic (exact) mass is 242 g/mol. The van der Waals surface area contributed by atoms with Crippen LogP contribution in [0.15, 0.2) is 0 Å². The van der Waals surface area contributed by atoms with E-state index in [4.69, 9.17) is 4.74 Å². The van der Waals surface area contributed by atoms with E-state index in [1.165, 1.54) is 32.4 Å². The Morgan fingerprint density at radius 1 is 1.29 bits per heavy atom. The lowest BCUT2D eigenvalue weighted by atomic mass is 9.98. The van der Waals surface area contributed by atoms with Gasteiger partial charge in [0.25, 0.3) is 0 Å². The van der Waals surface area contributed by atoms with Crippen molar-refractivity contribution in [3.8, 4) is 0 Å². The summed E-state index contributed by atoms with van der Waals surface area (Å²) in [4.78, 5) is 2.62. The summed E-state index contributed by atoms with van der Waals surface area (Å²) in [5.41, 5.74) is 0. The fraction of sp³-hybridized carbons (Fsp3) is 1.00. The van der Waals surface area contributed by atoms with Crippen LogP contribution in [0.1, 0.15) is 40.0 Å². The fourth-order valence-electron chi connectivity index (χ4n) is 2.56. The summed E-state index contributed by atoms with van der Waals surface area (Å²) in [6, 6.07) is 0.678. The average Bonchev–Trinajstić information content (AvgIpc) is 2.38. The molecule has 1 saturated heterocycles. The molecule has 1 rings (SSSR count). The van der Waals surface area contributed by atoms with Crippen LogP contribution in [0.4, 0.5) is 0 Å². The second-order valence-electron chi connectivity index (χ2n) is 5.39. The van der Waals surface area contributed by atoms with Crippen LogP contribution in [0.2, 0.25) is 0 Å². The summed E-state index contributed by atoms with van der Waals surface area (Å²) in [5.74, 6) is 0.723. The smallest absolute Gasteiger partial charge is 0.0595 e. The zero-order chi connectivity index (χ0) is 12.7. The molecule has 0 radical (unpaired) electrons. The molecule has 0 bridgehead atoms. The molecule has 1 N–H and O–H groups in total. The number of hydrogen-bond donors (Lipinski definition) is 1. The van der Waals surface area contributed by atoms with Crippen molar-refractivity contribution in [2.45, 2.75) is 52.2 Å². The summed E-state index contributed by atoms with van der Waals surface area (Å²) in [6.07, 6.45) is 4.10. The molecule has 0 saturated carbocycles. The molecule has 0 aromatic rings. The van der Waals surface area contributed by atoms with Crippen molar-refractivity contribution in [2.24, 2.45) is 5.92 Å². The lowest BCUT2D eigenvalue weighted by Gasteiger charge is -2.38. The molecule has 102 valence electrons. The number of nitrogens with zero attached hydrogens (tertiary/aromatic N) is 1. The van der Waals surface area contributed by atoms with Gasteiger partial charge in [-0.1, -0.05) is 13.8 Å². The number of nitrogens with one attached hydrogen (secondary N) is 1. The summed E-state index contributed by atoms with van der Waals surface area (Å²) in [6.45, 7) is 11.6. The van der Waals surface area contributed by atoms with Crippen LogP contribution < -0.4 is 5.32 Å². The third-order valence-electron chi connectivity index (χ3n) is 4.10. The SMILES string of the molecule is CCCNCC(C)C(C)N1CCC(OC)CC1. The van der Waals surface area contributed by atoms with Crippen LogP contribution in [0.3, 0.4) is 0 Å². The maximum absolute atomic E-state index is 5.42. The van der Waals surface area contributed by atoms with Gasteiger partial charge in [0.15, 0.2) is 0 Å². The fourth-order valence-corrected chi connectivity index (χ4v) is 2.56. The van der Waals surface area contributed by atoms with Gasteiger partial charge in [0.2, 0.25) is 0 Å². The molecule has 0 amide bonds. The molecule has 0 spiro atoms. The Morgan fingerprint density at radius 2 is 1.94 bits per heavy atom. The molecule has 1 fully saturated rings. The lowest BCUT2D eigenvalue weighted by Crippen LogP contribution is -2.46. The highest BCUT2D eigenvalue weighted by Crippen LogP contribution is 2.18. The molecular formula is C14H30N2O. The normalized spacial score (nSPS) is 22.6. The minimum atomic E-state index is 0.493. The molecule has 2 unspecified atom stereocenters. The van der Waals surface area contributed by atoms with Gasteiger partial charge in [-0.3, -0.25) is 0 Å². The predicted octanol–water partition coefficient (Wildman–Crippen LogP) is 2.12. The topological polar surface area (TPSA) is 24.5 Å². The first kappa shape index (κ1) is 14.9. The number of methoxy groups -OCH3 is 1. The van der Waals surface area contributed by atoms with Gasteiger partial charge < -0.3 is 15.0 Å². The average molecular weight is 242 g/mol. The van der Waals surface area contributed by atoms with E-state index < -0.39 is 0 Å². The maximum atomic E-state index is 5.42. The first-order valence-electron chi connectivity index (χ1n) is 7.16. The van der Waals surface area contributed by atoms with Crippen molar-refractivity contribution >= 4 is 0 Å². The summed E-state index contributed by atoms with van der Waals surface area (Å²) < 4.78 is 5.42. The van der Waals surface area contributed by atoms with Crippen molar-refractivity contribution in [1.82, 2.24) is 10.2 Å². The molecule has 17 heavy (non-hydrogen) atoms. The Hall–Kier alpha value is -0.120. The minimum absolute atomic E-state index is 0.493. The molecule has 0 aromatic carbocycles. The highest BCUT2D eigenvalue weighted by molar-refractivity contribution is 4.80. The number of likely N-dealkylation sites (tertiary alicyclic amines) is 1. The molecule has 0 aromatic heterocycles. The zero-order valence-corrected chi connectivity index (χ0v) is 12.0. The lowest BCUT2D eigenvalue weighted by molar-refractivity contribution is 0.0215. The number of piperidine rings is 1. The third kappa shape index (κ3) is 4.94. The van der Waals surface area contributed by atoms with Gasteiger partial charge in [-0.15, -0.1) is 0 Å². The second kappa shape index (κ2) is 8.06. The minimum Gasteiger partial charge on any atom is -0.381 e. The highest BCUT2D eigenvalue weighted by Gasteiger charge is 2.25.